The molecular formula is C17H29N3. The van der Waals surface area contributed by atoms with Gasteiger partial charge in [0.05, 0.1) is 0 Å². The maximum Gasteiger partial charge on any atom is 0.0479 e. The number of anilines is 2. The van der Waals surface area contributed by atoms with E-state index in [0.29, 0.717) is 5.69 Å². The number of benzene rings is 1. The molecule has 0 unspecified atom stereocenters. The Labute approximate surface area is 123 Å². The number of nitrogens with zero attached hydrogens (tertiary/aromatic N) is 1. The average Bonchev–Trinajstić information content (AvgIpc) is 2.35. The van der Waals surface area contributed by atoms with Crippen LogP contribution in [0.15, 0.2) is 12.1 Å². The van der Waals surface area contributed by atoms with Crippen LogP contribution in [0, 0.1) is 10.8 Å². The van der Waals surface area contributed by atoms with Gasteiger partial charge in [-0.2, -0.15) is 0 Å². The van der Waals surface area contributed by atoms with Gasteiger partial charge in [-0.15, -0.1) is 0 Å². The third kappa shape index (κ3) is 4.26. The third-order valence-electron chi connectivity index (χ3n) is 3.30. The molecule has 3 N–H and O–H groups in total. The fraction of sp³-hybridized carbons (Fsp3) is 0.588. The Kier molecular flexibility index (Phi) is 5.61. The Bertz CT molecular complexity index is 458. The van der Waals surface area contributed by atoms with E-state index in [4.69, 9.17) is 11.1 Å². The van der Waals surface area contributed by atoms with Gasteiger partial charge in [0, 0.05) is 36.2 Å². The summed E-state index contributed by atoms with van der Waals surface area (Å²) in [5, 5.41) is 7.68. The number of rotatable bonds is 6. The Hall–Kier alpha value is -1.51. The molecule has 1 aromatic rings. The molecule has 1 rings (SSSR count). The molecule has 0 fully saturated rings. The SMILES string of the molecule is CCCN(CC(C)(C)C)c1cc(CC)cc(N)c1C=N. The summed E-state index contributed by atoms with van der Waals surface area (Å²) in [4.78, 5) is 2.37. The summed E-state index contributed by atoms with van der Waals surface area (Å²) in [5.41, 5.74) is 10.2. The first kappa shape index (κ1) is 16.5. The highest BCUT2D eigenvalue weighted by atomic mass is 15.1. The van der Waals surface area contributed by atoms with Gasteiger partial charge in [0.2, 0.25) is 0 Å². The molecule has 3 heteroatoms. The van der Waals surface area contributed by atoms with Crippen molar-refractivity contribution in [2.75, 3.05) is 23.7 Å². The van der Waals surface area contributed by atoms with E-state index >= 15 is 0 Å². The van der Waals surface area contributed by atoms with E-state index in [1.54, 1.807) is 0 Å². The molecule has 0 spiro atoms. The van der Waals surface area contributed by atoms with Gasteiger partial charge in [-0.25, -0.2) is 0 Å². The molecule has 0 bridgehead atoms. The number of hydrogen-bond acceptors (Lipinski definition) is 3. The fourth-order valence-electron chi connectivity index (χ4n) is 2.47. The highest BCUT2D eigenvalue weighted by Gasteiger charge is 2.19. The number of nitrogens with two attached hydrogens (primary N) is 1. The maximum absolute atomic E-state index is 7.68. The van der Waals surface area contributed by atoms with Gasteiger partial charge in [0.1, 0.15) is 0 Å². The predicted octanol–water partition coefficient (Wildman–Crippen LogP) is 4.09. The highest BCUT2D eigenvalue weighted by molar-refractivity contribution is 5.93. The quantitative estimate of drug-likeness (QED) is 0.607. The first-order valence-electron chi connectivity index (χ1n) is 7.50. The lowest BCUT2D eigenvalue weighted by Gasteiger charge is -2.33. The molecule has 0 heterocycles. The lowest BCUT2D eigenvalue weighted by atomic mass is 9.94. The van der Waals surface area contributed by atoms with E-state index in [-0.39, 0.29) is 5.41 Å². The standard InChI is InChI=1S/C17H29N3/c1-6-8-20(12-17(3,4)5)16-10-13(7-2)9-15(19)14(16)11-18/h9-11,18H,6-8,12,19H2,1-5H3. The number of hydrogen-bond donors (Lipinski definition) is 2. The molecule has 0 amide bonds. The van der Waals surface area contributed by atoms with Gasteiger partial charge in [-0.3, -0.25) is 0 Å². The molecule has 0 radical (unpaired) electrons. The zero-order valence-electron chi connectivity index (χ0n) is 13.6. The van der Waals surface area contributed by atoms with E-state index < -0.39 is 0 Å². The zero-order valence-corrected chi connectivity index (χ0v) is 13.6. The van der Waals surface area contributed by atoms with Crippen LogP contribution < -0.4 is 10.6 Å². The van der Waals surface area contributed by atoms with Crippen LogP contribution in [0.1, 0.15) is 52.2 Å². The smallest absolute Gasteiger partial charge is 0.0479 e. The monoisotopic (exact) mass is 275 g/mol. The van der Waals surface area contributed by atoms with Crippen LogP contribution >= 0.6 is 0 Å². The van der Waals surface area contributed by atoms with E-state index in [1.165, 1.54) is 11.8 Å². The first-order chi connectivity index (χ1) is 9.32. The van der Waals surface area contributed by atoms with Crippen molar-refractivity contribution in [3.05, 3.63) is 23.3 Å². The number of nitrogen functional groups attached to an aromatic ring is 1. The molecule has 0 aliphatic rings. The maximum atomic E-state index is 7.68. The Morgan fingerprint density at radius 2 is 1.90 bits per heavy atom. The van der Waals surface area contributed by atoms with Crippen molar-refractivity contribution >= 4 is 17.6 Å². The zero-order chi connectivity index (χ0) is 15.3. The van der Waals surface area contributed by atoms with Crippen molar-refractivity contribution in [1.82, 2.24) is 0 Å². The van der Waals surface area contributed by atoms with Crippen molar-refractivity contribution in [2.24, 2.45) is 5.41 Å². The minimum atomic E-state index is 0.214. The highest BCUT2D eigenvalue weighted by Crippen LogP contribution is 2.29. The summed E-state index contributed by atoms with van der Waals surface area (Å²) in [7, 11) is 0. The minimum Gasteiger partial charge on any atom is -0.398 e. The van der Waals surface area contributed by atoms with Crippen LogP contribution in [-0.2, 0) is 6.42 Å². The normalized spacial score (nSPS) is 11.4. The van der Waals surface area contributed by atoms with Gasteiger partial charge in [-0.1, -0.05) is 34.6 Å². The van der Waals surface area contributed by atoms with Crippen LogP contribution in [0.2, 0.25) is 0 Å². The molecule has 0 aromatic heterocycles. The van der Waals surface area contributed by atoms with Crippen LogP contribution in [0.4, 0.5) is 11.4 Å². The van der Waals surface area contributed by atoms with Crippen LogP contribution in [-0.4, -0.2) is 19.3 Å². The van der Waals surface area contributed by atoms with Gasteiger partial charge in [0.25, 0.3) is 0 Å². The number of aryl methyl sites for hydroxylation is 1. The topological polar surface area (TPSA) is 53.1 Å². The van der Waals surface area contributed by atoms with Crippen molar-refractivity contribution in [3.63, 3.8) is 0 Å². The molecule has 0 aliphatic carbocycles. The van der Waals surface area contributed by atoms with Crippen molar-refractivity contribution < 1.29 is 0 Å². The van der Waals surface area contributed by atoms with Gasteiger partial charge in [0.15, 0.2) is 0 Å². The molecule has 0 saturated carbocycles. The molecule has 0 saturated heterocycles. The second kappa shape index (κ2) is 6.78. The lowest BCUT2D eigenvalue weighted by Crippen LogP contribution is -2.34. The number of nitrogens with one attached hydrogen (secondary N) is 1. The molecule has 3 nitrogen and oxygen atoms in total. The van der Waals surface area contributed by atoms with E-state index in [0.717, 1.165) is 37.2 Å². The van der Waals surface area contributed by atoms with Gasteiger partial charge < -0.3 is 16.0 Å². The van der Waals surface area contributed by atoms with E-state index in [2.05, 4.69) is 45.6 Å². The van der Waals surface area contributed by atoms with Crippen LogP contribution in [0.3, 0.4) is 0 Å². The second-order valence-corrected chi connectivity index (χ2v) is 6.60. The Morgan fingerprint density at radius 1 is 1.25 bits per heavy atom. The first-order valence-corrected chi connectivity index (χ1v) is 7.50. The molecule has 20 heavy (non-hydrogen) atoms. The average molecular weight is 275 g/mol. The molecular weight excluding hydrogens is 246 g/mol. The minimum absolute atomic E-state index is 0.214. The summed E-state index contributed by atoms with van der Waals surface area (Å²) in [6.07, 6.45) is 3.43. The predicted molar refractivity (Wildman–Crippen MR) is 90.1 cm³/mol. The largest absolute Gasteiger partial charge is 0.398 e. The van der Waals surface area contributed by atoms with Crippen molar-refractivity contribution in [2.45, 2.75) is 47.5 Å². The molecule has 112 valence electrons. The van der Waals surface area contributed by atoms with E-state index in [1.807, 2.05) is 6.07 Å². The fourth-order valence-corrected chi connectivity index (χ4v) is 2.47. The summed E-state index contributed by atoms with van der Waals surface area (Å²) < 4.78 is 0. The van der Waals surface area contributed by atoms with E-state index in [9.17, 15) is 0 Å². The summed E-state index contributed by atoms with van der Waals surface area (Å²) in [6, 6.07) is 4.18. The summed E-state index contributed by atoms with van der Waals surface area (Å²) >= 11 is 0. The second-order valence-electron chi connectivity index (χ2n) is 6.60. The van der Waals surface area contributed by atoms with Gasteiger partial charge in [-0.05, 0) is 36.0 Å². The molecule has 0 atom stereocenters. The lowest BCUT2D eigenvalue weighted by molar-refractivity contribution is 0.409. The van der Waals surface area contributed by atoms with Gasteiger partial charge >= 0.3 is 0 Å². The Balaban J connectivity index is 3.29. The summed E-state index contributed by atoms with van der Waals surface area (Å²) in [6.45, 7) is 13.0. The van der Waals surface area contributed by atoms with Crippen LogP contribution in [0.5, 0.6) is 0 Å². The van der Waals surface area contributed by atoms with Crippen LogP contribution in [0.25, 0.3) is 0 Å². The molecule has 0 aliphatic heterocycles. The van der Waals surface area contributed by atoms with Crippen molar-refractivity contribution in [3.8, 4) is 0 Å². The third-order valence-corrected chi connectivity index (χ3v) is 3.30. The Morgan fingerprint density at radius 3 is 2.35 bits per heavy atom. The summed E-state index contributed by atoms with van der Waals surface area (Å²) in [5.74, 6) is 0. The van der Waals surface area contributed by atoms with Crippen molar-refractivity contribution in [1.29, 1.82) is 5.41 Å². The molecule has 1 aromatic carbocycles.